The maximum absolute atomic E-state index is 9.51. The number of unbranched alkanes of at least 4 members (excludes halogenated alkanes) is 1. The zero-order valence-electron chi connectivity index (χ0n) is 9.08. The summed E-state index contributed by atoms with van der Waals surface area (Å²) in [7, 11) is 0. The van der Waals surface area contributed by atoms with Gasteiger partial charge in [0.15, 0.2) is 11.5 Å². The van der Waals surface area contributed by atoms with Gasteiger partial charge in [0.25, 0.3) is 0 Å². The monoisotopic (exact) mass is 205 g/mol. The Morgan fingerprint density at radius 2 is 2.20 bits per heavy atom. The molecule has 0 amide bonds. The second-order valence-electron chi connectivity index (χ2n) is 3.82. The zero-order chi connectivity index (χ0) is 10.8. The summed E-state index contributed by atoms with van der Waals surface area (Å²) >= 11 is 0. The van der Waals surface area contributed by atoms with E-state index in [1.165, 1.54) is 0 Å². The minimum absolute atomic E-state index is 0.265. The summed E-state index contributed by atoms with van der Waals surface area (Å²) in [5.41, 5.74) is 2.33. The Labute approximate surface area is 88.7 Å². The van der Waals surface area contributed by atoms with Crippen molar-refractivity contribution >= 4 is 11.1 Å². The van der Waals surface area contributed by atoms with Crippen LogP contribution in [0.15, 0.2) is 16.5 Å². The maximum Gasteiger partial charge on any atom is 0.195 e. The molecule has 0 aliphatic rings. The molecule has 0 saturated carbocycles. The highest BCUT2D eigenvalue weighted by atomic mass is 16.3. The van der Waals surface area contributed by atoms with Crippen molar-refractivity contribution in [1.82, 2.24) is 4.98 Å². The fourth-order valence-corrected chi connectivity index (χ4v) is 1.55. The molecule has 15 heavy (non-hydrogen) atoms. The Morgan fingerprint density at radius 3 is 2.93 bits per heavy atom. The van der Waals surface area contributed by atoms with Gasteiger partial charge >= 0.3 is 0 Å². The van der Waals surface area contributed by atoms with E-state index < -0.39 is 0 Å². The minimum atomic E-state index is 0.265. The molecule has 0 atom stereocenters. The van der Waals surface area contributed by atoms with Crippen LogP contribution in [0.4, 0.5) is 0 Å². The molecule has 0 saturated heterocycles. The molecule has 0 bridgehead atoms. The van der Waals surface area contributed by atoms with Crippen LogP contribution in [0.2, 0.25) is 0 Å². The molecule has 1 heterocycles. The number of oxazole rings is 1. The van der Waals surface area contributed by atoms with E-state index in [0.717, 1.165) is 36.2 Å². The lowest BCUT2D eigenvalue weighted by Crippen LogP contribution is -1.82. The van der Waals surface area contributed by atoms with Gasteiger partial charge in [0.2, 0.25) is 0 Å². The quantitative estimate of drug-likeness (QED) is 0.837. The summed E-state index contributed by atoms with van der Waals surface area (Å²) in [4.78, 5) is 4.37. The number of aromatic hydroxyl groups is 1. The van der Waals surface area contributed by atoms with Gasteiger partial charge in [-0.25, -0.2) is 4.98 Å². The second kappa shape index (κ2) is 3.93. The standard InChI is InChI=1S/C12H15NO2/c1-3-4-5-12-13-9-6-8(2)10(14)7-11(9)15-12/h6-7,14H,3-5H2,1-2H3. The first kappa shape index (κ1) is 10.0. The van der Waals surface area contributed by atoms with Crippen molar-refractivity contribution in [3.63, 3.8) is 0 Å². The number of aryl methyl sites for hydroxylation is 2. The summed E-state index contributed by atoms with van der Waals surface area (Å²) in [5, 5.41) is 9.51. The predicted octanol–water partition coefficient (Wildman–Crippen LogP) is 3.18. The van der Waals surface area contributed by atoms with E-state index in [2.05, 4.69) is 11.9 Å². The molecule has 2 aromatic rings. The van der Waals surface area contributed by atoms with E-state index in [0.29, 0.717) is 5.58 Å². The molecule has 1 N–H and O–H groups in total. The van der Waals surface area contributed by atoms with Crippen molar-refractivity contribution in [3.05, 3.63) is 23.6 Å². The van der Waals surface area contributed by atoms with Gasteiger partial charge < -0.3 is 9.52 Å². The van der Waals surface area contributed by atoms with Gasteiger partial charge in [-0.1, -0.05) is 13.3 Å². The van der Waals surface area contributed by atoms with E-state index in [1.807, 2.05) is 13.0 Å². The van der Waals surface area contributed by atoms with Crippen molar-refractivity contribution in [3.8, 4) is 5.75 Å². The van der Waals surface area contributed by atoms with Crippen LogP contribution in [0.3, 0.4) is 0 Å². The van der Waals surface area contributed by atoms with Crippen molar-refractivity contribution in [2.24, 2.45) is 0 Å². The number of phenols is 1. The van der Waals surface area contributed by atoms with E-state index in [1.54, 1.807) is 6.07 Å². The fourth-order valence-electron chi connectivity index (χ4n) is 1.55. The lowest BCUT2D eigenvalue weighted by molar-refractivity contribution is 0.468. The maximum atomic E-state index is 9.51. The van der Waals surface area contributed by atoms with Crippen LogP contribution < -0.4 is 0 Å². The van der Waals surface area contributed by atoms with Crippen molar-refractivity contribution in [1.29, 1.82) is 0 Å². The first-order valence-electron chi connectivity index (χ1n) is 5.29. The van der Waals surface area contributed by atoms with Gasteiger partial charge in [-0.2, -0.15) is 0 Å². The highest BCUT2D eigenvalue weighted by Crippen LogP contribution is 2.25. The van der Waals surface area contributed by atoms with Crippen LogP contribution in [0, 0.1) is 6.92 Å². The summed E-state index contributed by atoms with van der Waals surface area (Å²) in [6.45, 7) is 3.99. The molecule has 0 aliphatic carbocycles. The Bertz CT molecular complexity index is 435. The Hall–Kier alpha value is -1.51. The highest BCUT2D eigenvalue weighted by Gasteiger charge is 2.07. The molecular weight excluding hydrogens is 190 g/mol. The number of hydrogen-bond acceptors (Lipinski definition) is 3. The number of aromatic nitrogens is 1. The van der Waals surface area contributed by atoms with Crippen LogP contribution in [0.25, 0.3) is 11.1 Å². The Kier molecular flexibility index (Phi) is 2.62. The number of hydrogen-bond donors (Lipinski definition) is 1. The molecule has 1 aromatic carbocycles. The van der Waals surface area contributed by atoms with Crippen LogP contribution >= 0.6 is 0 Å². The third-order valence-electron chi connectivity index (χ3n) is 2.49. The van der Waals surface area contributed by atoms with Gasteiger partial charge in [0, 0.05) is 12.5 Å². The first-order chi connectivity index (χ1) is 7.20. The van der Waals surface area contributed by atoms with Gasteiger partial charge in [-0.05, 0) is 25.0 Å². The van der Waals surface area contributed by atoms with E-state index in [9.17, 15) is 5.11 Å². The van der Waals surface area contributed by atoms with Crippen LogP contribution in [0.1, 0.15) is 31.2 Å². The predicted molar refractivity (Wildman–Crippen MR) is 59.0 cm³/mol. The fraction of sp³-hybridized carbons (Fsp3) is 0.417. The van der Waals surface area contributed by atoms with Crippen molar-refractivity contribution in [2.75, 3.05) is 0 Å². The lowest BCUT2D eigenvalue weighted by atomic mass is 10.2. The third kappa shape index (κ3) is 1.96. The molecule has 0 spiro atoms. The van der Waals surface area contributed by atoms with Gasteiger partial charge in [0.05, 0.1) is 0 Å². The average Bonchev–Trinajstić information content (AvgIpc) is 2.58. The summed E-state index contributed by atoms with van der Waals surface area (Å²) < 4.78 is 5.53. The average molecular weight is 205 g/mol. The minimum Gasteiger partial charge on any atom is -0.508 e. The van der Waals surface area contributed by atoms with Crippen LogP contribution in [-0.2, 0) is 6.42 Å². The molecular formula is C12H15NO2. The molecule has 1 aromatic heterocycles. The van der Waals surface area contributed by atoms with Crippen LogP contribution in [-0.4, -0.2) is 10.1 Å². The number of fused-ring (bicyclic) bond motifs is 1. The number of nitrogens with zero attached hydrogens (tertiary/aromatic N) is 1. The normalized spacial score (nSPS) is 11.1. The molecule has 0 aliphatic heterocycles. The Morgan fingerprint density at radius 1 is 1.40 bits per heavy atom. The molecule has 3 nitrogen and oxygen atoms in total. The molecule has 0 unspecified atom stereocenters. The van der Waals surface area contributed by atoms with Gasteiger partial charge in [0.1, 0.15) is 11.3 Å². The molecule has 3 heteroatoms. The van der Waals surface area contributed by atoms with Gasteiger partial charge in [-0.15, -0.1) is 0 Å². The molecule has 80 valence electrons. The van der Waals surface area contributed by atoms with E-state index in [4.69, 9.17) is 4.42 Å². The topological polar surface area (TPSA) is 46.3 Å². The van der Waals surface area contributed by atoms with Crippen LogP contribution in [0.5, 0.6) is 5.75 Å². The second-order valence-corrected chi connectivity index (χ2v) is 3.82. The molecule has 2 rings (SSSR count). The largest absolute Gasteiger partial charge is 0.508 e. The summed E-state index contributed by atoms with van der Waals surface area (Å²) in [6, 6.07) is 3.48. The van der Waals surface area contributed by atoms with E-state index in [-0.39, 0.29) is 5.75 Å². The van der Waals surface area contributed by atoms with Crippen molar-refractivity contribution < 1.29 is 9.52 Å². The summed E-state index contributed by atoms with van der Waals surface area (Å²) in [6.07, 6.45) is 3.08. The molecule has 0 fully saturated rings. The van der Waals surface area contributed by atoms with Crippen molar-refractivity contribution in [2.45, 2.75) is 33.1 Å². The smallest absolute Gasteiger partial charge is 0.195 e. The van der Waals surface area contributed by atoms with E-state index >= 15 is 0 Å². The Balaban J connectivity index is 2.38. The lowest BCUT2D eigenvalue weighted by Gasteiger charge is -1.94. The van der Waals surface area contributed by atoms with Gasteiger partial charge in [-0.3, -0.25) is 0 Å². The summed E-state index contributed by atoms with van der Waals surface area (Å²) in [5.74, 6) is 1.03. The number of phenolic OH excluding ortho intramolecular Hbond substituents is 1. The SMILES string of the molecule is CCCCc1nc2cc(C)c(O)cc2o1. The highest BCUT2D eigenvalue weighted by molar-refractivity contribution is 5.75. The number of benzene rings is 1. The zero-order valence-corrected chi connectivity index (χ0v) is 9.08. The number of rotatable bonds is 3. The first-order valence-corrected chi connectivity index (χ1v) is 5.29. The molecule has 0 radical (unpaired) electrons. The third-order valence-corrected chi connectivity index (χ3v) is 2.49.